The van der Waals surface area contributed by atoms with Crippen LogP contribution in [0.3, 0.4) is 0 Å². The van der Waals surface area contributed by atoms with E-state index in [1.807, 2.05) is 37.3 Å². The maximum absolute atomic E-state index is 13.3. The Hall–Kier alpha value is -3.08. The Labute approximate surface area is 188 Å². The smallest absolute Gasteiger partial charge is 0.270 e. The summed E-state index contributed by atoms with van der Waals surface area (Å²) in [4.78, 5) is 38.7. The molecule has 0 spiro atoms. The maximum Gasteiger partial charge on any atom is 0.270 e. The van der Waals surface area contributed by atoms with E-state index in [0.717, 1.165) is 11.8 Å². The molecule has 0 bridgehead atoms. The van der Waals surface area contributed by atoms with Crippen LogP contribution in [0.1, 0.15) is 12.5 Å². The highest BCUT2D eigenvalue weighted by Crippen LogP contribution is 2.38. The molecule has 0 N–H and O–H groups in total. The summed E-state index contributed by atoms with van der Waals surface area (Å²) < 4.78 is 0.287. The Balaban J connectivity index is 1.64. The van der Waals surface area contributed by atoms with Gasteiger partial charge in [-0.25, -0.2) is 10.0 Å². The van der Waals surface area contributed by atoms with Crippen molar-refractivity contribution in [2.24, 2.45) is 0 Å². The second-order valence-corrected chi connectivity index (χ2v) is 8.82. The van der Waals surface area contributed by atoms with Gasteiger partial charge in [-0.3, -0.25) is 24.6 Å². The molecule has 10 heteroatoms. The second-order valence-electron chi connectivity index (χ2n) is 7.15. The molecule has 0 radical (unpaired) electrons. The molecule has 4 rings (SSSR count). The lowest BCUT2D eigenvalue weighted by molar-refractivity contribution is -0.384. The summed E-state index contributed by atoms with van der Waals surface area (Å²) in [5.41, 5.74) is 1.16. The number of hydrogen-bond acceptors (Lipinski definition) is 7. The third-order valence-electron chi connectivity index (χ3n) is 5.30. The number of non-ortho nitro benzene ring substituents is 1. The van der Waals surface area contributed by atoms with Gasteiger partial charge >= 0.3 is 0 Å². The lowest BCUT2D eigenvalue weighted by atomic mass is 10.1. The summed E-state index contributed by atoms with van der Waals surface area (Å²) in [7, 11) is 1.80. The third-order valence-corrected chi connectivity index (χ3v) is 6.64. The number of rotatable bonds is 4. The molecule has 2 aliphatic rings. The number of benzene rings is 2. The van der Waals surface area contributed by atoms with Gasteiger partial charge in [0.25, 0.3) is 17.5 Å². The second kappa shape index (κ2) is 8.22. The van der Waals surface area contributed by atoms with Crippen molar-refractivity contribution in [1.82, 2.24) is 9.91 Å². The van der Waals surface area contributed by atoms with E-state index in [1.54, 1.807) is 35.3 Å². The van der Waals surface area contributed by atoms with Crippen molar-refractivity contribution < 1.29 is 14.5 Å². The van der Waals surface area contributed by atoms with Crippen molar-refractivity contribution in [1.29, 1.82) is 0 Å². The summed E-state index contributed by atoms with van der Waals surface area (Å²) in [5, 5.41) is 14.4. The number of amides is 2. The molecule has 8 nitrogen and oxygen atoms in total. The van der Waals surface area contributed by atoms with Gasteiger partial charge in [-0.15, -0.1) is 0 Å². The maximum atomic E-state index is 13.3. The SMILES string of the molecule is C[C@@H]1[C@@H](N2C(=O)/C(=C/c3cccc([N+](=O)[O-])c3)SC2=S)C(=O)N(c2ccccc2)N1C. The van der Waals surface area contributed by atoms with Crippen LogP contribution in [0, 0.1) is 10.1 Å². The van der Waals surface area contributed by atoms with Crippen molar-refractivity contribution in [3.8, 4) is 0 Å². The fourth-order valence-corrected chi connectivity index (χ4v) is 5.01. The summed E-state index contributed by atoms with van der Waals surface area (Å²) in [6, 6.07) is 14.1. The number of likely N-dealkylation sites (N-methyl/N-ethyl adjacent to an activating group) is 1. The lowest BCUT2D eigenvalue weighted by Gasteiger charge is -2.26. The van der Waals surface area contributed by atoms with Crippen LogP contribution in [0.5, 0.6) is 0 Å². The van der Waals surface area contributed by atoms with Crippen molar-refractivity contribution in [2.75, 3.05) is 12.1 Å². The molecule has 2 aromatic carbocycles. The summed E-state index contributed by atoms with van der Waals surface area (Å²) in [5.74, 6) is -0.621. The van der Waals surface area contributed by atoms with Crippen molar-refractivity contribution in [3.05, 3.63) is 75.2 Å². The monoisotopic (exact) mass is 454 g/mol. The fourth-order valence-electron chi connectivity index (χ4n) is 3.68. The van der Waals surface area contributed by atoms with Gasteiger partial charge in [-0.1, -0.05) is 54.3 Å². The number of carbonyl (C=O) groups excluding carboxylic acids is 2. The van der Waals surface area contributed by atoms with Crippen LogP contribution in [0.4, 0.5) is 11.4 Å². The van der Waals surface area contributed by atoms with Gasteiger partial charge in [0.15, 0.2) is 0 Å². The molecule has 0 aliphatic carbocycles. The van der Waals surface area contributed by atoms with Gasteiger partial charge in [0.2, 0.25) is 0 Å². The van der Waals surface area contributed by atoms with E-state index in [2.05, 4.69) is 0 Å². The number of thiocarbonyl (C=S) groups is 1. The highest BCUT2D eigenvalue weighted by molar-refractivity contribution is 8.26. The zero-order chi connectivity index (χ0) is 22.3. The Bertz CT molecular complexity index is 1120. The first-order chi connectivity index (χ1) is 14.8. The molecule has 2 atom stereocenters. The quantitative estimate of drug-likeness (QED) is 0.303. The molecule has 2 fully saturated rings. The average molecular weight is 455 g/mol. The van der Waals surface area contributed by atoms with E-state index in [9.17, 15) is 19.7 Å². The predicted octanol–water partition coefficient (Wildman–Crippen LogP) is 3.45. The van der Waals surface area contributed by atoms with Gasteiger partial charge in [0, 0.05) is 19.2 Å². The van der Waals surface area contributed by atoms with Gasteiger partial charge in [-0.05, 0) is 30.7 Å². The molecule has 0 unspecified atom stereocenters. The van der Waals surface area contributed by atoms with E-state index in [1.165, 1.54) is 17.0 Å². The normalized spacial score (nSPS) is 23.3. The van der Waals surface area contributed by atoms with Gasteiger partial charge in [-0.2, -0.15) is 0 Å². The highest BCUT2D eigenvalue weighted by Gasteiger charge is 2.51. The van der Waals surface area contributed by atoms with Crippen LogP contribution in [0.2, 0.25) is 0 Å². The van der Waals surface area contributed by atoms with E-state index in [-0.39, 0.29) is 27.9 Å². The molecule has 0 saturated carbocycles. The Morgan fingerprint density at radius 1 is 1.13 bits per heavy atom. The molecule has 2 saturated heterocycles. The summed E-state index contributed by atoms with van der Waals surface area (Å²) >= 11 is 6.53. The summed E-state index contributed by atoms with van der Waals surface area (Å²) in [6.07, 6.45) is 1.56. The zero-order valence-electron chi connectivity index (χ0n) is 16.7. The molecule has 158 valence electrons. The zero-order valence-corrected chi connectivity index (χ0v) is 18.3. The predicted molar refractivity (Wildman–Crippen MR) is 123 cm³/mol. The highest BCUT2D eigenvalue weighted by atomic mass is 32.2. The number of hydrogen-bond donors (Lipinski definition) is 0. The van der Waals surface area contributed by atoms with Crippen LogP contribution in [0.15, 0.2) is 59.5 Å². The van der Waals surface area contributed by atoms with Crippen LogP contribution in [0.25, 0.3) is 6.08 Å². The first-order valence-electron chi connectivity index (χ1n) is 9.43. The van der Waals surface area contributed by atoms with Crippen LogP contribution >= 0.6 is 24.0 Å². The topological polar surface area (TPSA) is 87.0 Å². The van der Waals surface area contributed by atoms with E-state index in [4.69, 9.17) is 12.2 Å². The number of para-hydroxylation sites is 1. The molecule has 2 aliphatic heterocycles. The number of thioether (sulfide) groups is 1. The molecule has 2 heterocycles. The van der Waals surface area contributed by atoms with Crippen molar-refractivity contribution >= 4 is 57.6 Å². The van der Waals surface area contributed by atoms with E-state index in [0.29, 0.717) is 16.2 Å². The molecule has 2 amide bonds. The Morgan fingerprint density at radius 3 is 2.52 bits per heavy atom. The molecular formula is C21H18N4O4S2. The number of carbonyl (C=O) groups is 2. The van der Waals surface area contributed by atoms with E-state index >= 15 is 0 Å². The van der Waals surface area contributed by atoms with Crippen LogP contribution in [-0.4, -0.2) is 50.1 Å². The minimum Gasteiger partial charge on any atom is -0.278 e. The Kier molecular flexibility index (Phi) is 5.61. The molecule has 2 aromatic rings. The lowest BCUT2D eigenvalue weighted by Crippen LogP contribution is -2.48. The fraction of sp³-hybridized carbons (Fsp3) is 0.190. The number of nitro groups is 1. The first kappa shape index (κ1) is 21.2. The average Bonchev–Trinajstić information content (AvgIpc) is 3.14. The minimum atomic E-state index is -0.770. The van der Waals surface area contributed by atoms with Crippen LogP contribution in [-0.2, 0) is 9.59 Å². The number of hydrazine groups is 1. The minimum absolute atomic E-state index is 0.0658. The third kappa shape index (κ3) is 3.73. The molecule has 0 aromatic heterocycles. The van der Waals surface area contributed by atoms with Gasteiger partial charge in [0.1, 0.15) is 10.4 Å². The summed E-state index contributed by atoms with van der Waals surface area (Å²) in [6.45, 7) is 1.87. The van der Waals surface area contributed by atoms with Crippen LogP contribution < -0.4 is 5.01 Å². The molecular weight excluding hydrogens is 436 g/mol. The largest absolute Gasteiger partial charge is 0.278 e. The van der Waals surface area contributed by atoms with Gasteiger partial charge < -0.3 is 0 Å². The van der Waals surface area contributed by atoms with E-state index < -0.39 is 11.0 Å². The number of nitro benzene ring substituents is 1. The van der Waals surface area contributed by atoms with Gasteiger partial charge in [0.05, 0.1) is 21.6 Å². The standard InChI is InChI=1S/C21H18N4O4S2/c1-13-18(20(27)24(22(13)2)15-8-4-3-5-9-15)23-19(26)17(31-21(23)30)12-14-7-6-10-16(11-14)25(28)29/h3-13,18H,1-2H3/b17-12-/t13-,18-/m1/s1. The number of nitrogens with zero attached hydrogens (tertiary/aromatic N) is 4. The molecule has 31 heavy (non-hydrogen) atoms. The van der Waals surface area contributed by atoms with Crippen molar-refractivity contribution in [2.45, 2.75) is 19.0 Å². The van der Waals surface area contributed by atoms with Crippen molar-refractivity contribution in [3.63, 3.8) is 0 Å². The first-order valence-corrected chi connectivity index (χ1v) is 10.7. The Morgan fingerprint density at radius 2 is 1.84 bits per heavy atom. The number of anilines is 1.